The van der Waals surface area contributed by atoms with E-state index in [0.717, 1.165) is 11.1 Å². The first-order valence-electron chi connectivity index (χ1n) is 13.2. The van der Waals surface area contributed by atoms with E-state index in [2.05, 4.69) is 9.97 Å². The van der Waals surface area contributed by atoms with E-state index < -0.39 is 12.1 Å². The number of nitrogens with zero attached hydrogens (tertiary/aromatic N) is 3. The smallest absolute Gasteiger partial charge is 0.410 e. The predicted octanol–water partition coefficient (Wildman–Crippen LogP) is 4.55. The number of hydrogen-bond donors (Lipinski definition) is 1. The van der Waals surface area contributed by atoms with Gasteiger partial charge in [-0.1, -0.05) is 42.5 Å². The molecule has 210 valence electrons. The van der Waals surface area contributed by atoms with E-state index in [1.165, 1.54) is 40.4 Å². The zero-order chi connectivity index (χ0) is 28.6. The molecule has 4 aromatic rings. The summed E-state index contributed by atoms with van der Waals surface area (Å²) in [7, 11) is 0. The lowest BCUT2D eigenvalue weighted by Gasteiger charge is -2.40. The highest BCUT2D eigenvalue weighted by atomic mass is 19.1. The maximum atomic E-state index is 13.6. The fourth-order valence-electron chi connectivity index (χ4n) is 4.61. The van der Waals surface area contributed by atoms with Crippen LogP contribution in [0.25, 0.3) is 0 Å². The van der Waals surface area contributed by atoms with E-state index in [-0.39, 0.29) is 56.6 Å². The number of piperazine rings is 1. The molecule has 3 aromatic carbocycles. The molecule has 1 atom stereocenters. The zero-order valence-electron chi connectivity index (χ0n) is 22.2. The zero-order valence-corrected chi connectivity index (χ0v) is 22.2. The van der Waals surface area contributed by atoms with Crippen molar-refractivity contribution in [2.24, 2.45) is 0 Å². The van der Waals surface area contributed by atoms with Crippen LogP contribution >= 0.6 is 0 Å². The predicted molar refractivity (Wildman–Crippen MR) is 148 cm³/mol. The van der Waals surface area contributed by atoms with Gasteiger partial charge in [0, 0.05) is 31.4 Å². The van der Waals surface area contributed by atoms with Crippen LogP contribution < -0.4 is 4.74 Å². The number of hydrogen-bond acceptors (Lipinski definition) is 6. The molecule has 1 aromatic heterocycles. The Hall–Kier alpha value is -4.99. The fraction of sp³-hybridized carbons (Fsp3) is 0.226. The van der Waals surface area contributed by atoms with Crippen LogP contribution in [-0.4, -0.2) is 63.2 Å². The Morgan fingerprint density at radius 1 is 0.878 bits per heavy atom. The van der Waals surface area contributed by atoms with Gasteiger partial charge in [-0.05, 0) is 47.5 Å². The van der Waals surface area contributed by atoms with Gasteiger partial charge >= 0.3 is 6.09 Å². The summed E-state index contributed by atoms with van der Waals surface area (Å²) in [6.45, 7) is 0.604. The molecule has 1 fully saturated rings. The normalized spacial score (nSPS) is 14.9. The average Bonchev–Trinajstić information content (AvgIpc) is 3.51. The van der Waals surface area contributed by atoms with Crippen molar-refractivity contribution in [1.82, 2.24) is 19.8 Å². The van der Waals surface area contributed by atoms with Crippen molar-refractivity contribution in [3.05, 3.63) is 114 Å². The molecule has 0 radical (unpaired) electrons. The molecule has 9 nitrogen and oxygen atoms in total. The number of rotatable bonds is 9. The minimum absolute atomic E-state index is 0.0347. The molecule has 2 amide bonds. The molecule has 1 aliphatic rings. The number of Topliss-reactive ketones (excluding diaryl/α,β-unsaturated/α-hetero) is 1. The topological polar surface area (TPSA) is 105 Å². The fourth-order valence-corrected chi connectivity index (χ4v) is 4.61. The standard InChI is InChI=1S/C31H29FN4O5/c32-24-8-12-27(13-9-24)41-26-10-6-22(7-11-26)16-29(37)28-19-35(31(39)40-20-23-4-2-1-3-5-23)14-15-36(28)30(38)17-25-18-33-21-34-25/h1-13,18,21,28H,14-17,19-20H2,(H,33,34)/t28-/m0/s1. The average molecular weight is 557 g/mol. The Bertz CT molecular complexity index is 1460. The van der Waals surface area contributed by atoms with Crippen LogP contribution in [0.15, 0.2) is 91.4 Å². The number of nitrogens with one attached hydrogen (secondary N) is 1. The van der Waals surface area contributed by atoms with Crippen molar-refractivity contribution in [3.8, 4) is 11.5 Å². The molecule has 41 heavy (non-hydrogen) atoms. The Kier molecular flexibility index (Phi) is 8.68. The molecule has 0 spiro atoms. The highest BCUT2D eigenvalue weighted by Crippen LogP contribution is 2.23. The molecule has 0 unspecified atom stereocenters. The van der Waals surface area contributed by atoms with Crippen molar-refractivity contribution in [2.75, 3.05) is 19.6 Å². The lowest BCUT2D eigenvalue weighted by atomic mass is 9.99. The van der Waals surface area contributed by atoms with Crippen molar-refractivity contribution in [1.29, 1.82) is 0 Å². The van der Waals surface area contributed by atoms with Gasteiger partial charge in [0.15, 0.2) is 5.78 Å². The number of aromatic amines is 1. The molecule has 10 heteroatoms. The van der Waals surface area contributed by atoms with Crippen LogP contribution in [0.1, 0.15) is 16.8 Å². The summed E-state index contributed by atoms with van der Waals surface area (Å²) in [4.78, 5) is 49.6. The van der Waals surface area contributed by atoms with E-state index in [9.17, 15) is 18.8 Å². The molecular formula is C31H29FN4O5. The van der Waals surface area contributed by atoms with Gasteiger partial charge in [0.05, 0.1) is 19.3 Å². The number of ketones is 1. The number of amides is 2. The molecule has 0 aliphatic carbocycles. The Labute approximate surface area is 236 Å². The summed E-state index contributed by atoms with van der Waals surface area (Å²) in [5, 5.41) is 0. The number of aromatic nitrogens is 2. The second-order valence-corrected chi connectivity index (χ2v) is 9.69. The number of imidazole rings is 1. The van der Waals surface area contributed by atoms with Crippen molar-refractivity contribution in [3.63, 3.8) is 0 Å². The van der Waals surface area contributed by atoms with E-state index in [1.807, 2.05) is 30.3 Å². The van der Waals surface area contributed by atoms with Crippen molar-refractivity contribution >= 4 is 17.8 Å². The molecule has 1 saturated heterocycles. The van der Waals surface area contributed by atoms with E-state index >= 15 is 0 Å². The summed E-state index contributed by atoms with van der Waals surface area (Å²) in [6, 6.07) is 21.2. The van der Waals surface area contributed by atoms with Crippen LogP contribution in [0.3, 0.4) is 0 Å². The summed E-state index contributed by atoms with van der Waals surface area (Å²) in [5.41, 5.74) is 2.22. The third-order valence-electron chi connectivity index (χ3n) is 6.78. The van der Waals surface area contributed by atoms with Gasteiger partial charge in [-0.2, -0.15) is 0 Å². The highest BCUT2D eigenvalue weighted by Gasteiger charge is 2.37. The molecule has 0 bridgehead atoms. The maximum absolute atomic E-state index is 13.6. The molecular weight excluding hydrogens is 527 g/mol. The van der Waals surface area contributed by atoms with Crippen LogP contribution in [0.4, 0.5) is 9.18 Å². The Morgan fingerprint density at radius 3 is 2.27 bits per heavy atom. The first-order chi connectivity index (χ1) is 19.9. The Balaban J connectivity index is 1.25. The van der Waals surface area contributed by atoms with Gasteiger partial charge < -0.3 is 24.3 Å². The third kappa shape index (κ3) is 7.36. The molecule has 0 saturated carbocycles. The highest BCUT2D eigenvalue weighted by molar-refractivity contribution is 5.92. The number of halogens is 1. The maximum Gasteiger partial charge on any atom is 0.410 e. The molecule has 5 rings (SSSR count). The molecule has 1 N–H and O–H groups in total. The van der Waals surface area contributed by atoms with Crippen molar-refractivity contribution < 1.29 is 28.2 Å². The van der Waals surface area contributed by atoms with E-state index in [4.69, 9.17) is 9.47 Å². The van der Waals surface area contributed by atoms with Crippen LogP contribution in [-0.2, 0) is 33.8 Å². The number of H-pyrrole nitrogens is 1. The van der Waals surface area contributed by atoms with Gasteiger partial charge in [0.25, 0.3) is 0 Å². The number of ether oxygens (including phenoxy) is 2. The number of benzene rings is 3. The van der Waals surface area contributed by atoms with Crippen molar-refractivity contribution in [2.45, 2.75) is 25.5 Å². The summed E-state index contributed by atoms with van der Waals surface area (Å²) >= 11 is 0. The summed E-state index contributed by atoms with van der Waals surface area (Å²) in [6.07, 6.45) is 2.66. The van der Waals surface area contributed by atoms with Gasteiger partial charge in [-0.25, -0.2) is 14.2 Å². The molecule has 1 aliphatic heterocycles. The largest absolute Gasteiger partial charge is 0.457 e. The first kappa shape index (κ1) is 27.6. The molecule has 2 heterocycles. The minimum Gasteiger partial charge on any atom is -0.457 e. The Morgan fingerprint density at radius 2 is 1.59 bits per heavy atom. The second-order valence-electron chi connectivity index (χ2n) is 9.69. The number of carbonyl (C=O) groups is 3. The minimum atomic E-state index is -0.835. The monoisotopic (exact) mass is 556 g/mol. The van der Waals surface area contributed by atoms with Gasteiger partial charge in [0.1, 0.15) is 30.0 Å². The van der Waals surface area contributed by atoms with Crippen LogP contribution in [0, 0.1) is 5.82 Å². The number of carbonyl (C=O) groups excluding carboxylic acids is 3. The van der Waals surface area contributed by atoms with Gasteiger partial charge in [-0.3, -0.25) is 9.59 Å². The summed E-state index contributed by atoms with van der Waals surface area (Å²) < 4.78 is 24.4. The van der Waals surface area contributed by atoms with E-state index in [1.54, 1.807) is 30.5 Å². The lowest BCUT2D eigenvalue weighted by molar-refractivity contribution is -0.142. The third-order valence-corrected chi connectivity index (χ3v) is 6.78. The quantitative estimate of drug-likeness (QED) is 0.325. The lowest BCUT2D eigenvalue weighted by Crippen LogP contribution is -2.60. The van der Waals surface area contributed by atoms with Crippen LogP contribution in [0.5, 0.6) is 11.5 Å². The van der Waals surface area contributed by atoms with Gasteiger partial charge in [-0.15, -0.1) is 0 Å². The van der Waals surface area contributed by atoms with Crippen LogP contribution in [0.2, 0.25) is 0 Å². The van der Waals surface area contributed by atoms with E-state index in [0.29, 0.717) is 17.2 Å². The van der Waals surface area contributed by atoms with Gasteiger partial charge in [0.2, 0.25) is 5.91 Å². The SMILES string of the molecule is O=C(Cc1ccc(Oc2ccc(F)cc2)cc1)[C@@H]1CN(C(=O)OCc2ccccc2)CCN1C(=O)Cc1cnc[nH]1. The second kappa shape index (κ2) is 12.9. The first-order valence-corrected chi connectivity index (χ1v) is 13.2. The summed E-state index contributed by atoms with van der Waals surface area (Å²) in [5.74, 6) is 0.245.